The van der Waals surface area contributed by atoms with Crippen LogP contribution < -0.4 is 0 Å². The number of aromatic amines is 1. The molecule has 0 aliphatic heterocycles. The van der Waals surface area contributed by atoms with E-state index in [9.17, 15) is 0 Å². The van der Waals surface area contributed by atoms with Crippen LogP contribution in [-0.4, -0.2) is 4.98 Å². The van der Waals surface area contributed by atoms with Gasteiger partial charge in [0.15, 0.2) is 0 Å². The number of hydrogen-bond acceptors (Lipinski definition) is 0. The second-order valence-electron chi connectivity index (χ2n) is 11.3. The molecule has 0 amide bonds. The van der Waals surface area contributed by atoms with Gasteiger partial charge in [-0.2, -0.15) is 0 Å². The van der Waals surface area contributed by atoms with E-state index in [1.165, 1.54) is 49.3 Å². The Morgan fingerprint density at radius 3 is 2.00 bits per heavy atom. The second-order valence-corrected chi connectivity index (χ2v) is 11.3. The smallest absolute Gasteiger partial charge is 0.0465 e. The van der Waals surface area contributed by atoms with Crippen LogP contribution in [0, 0.1) is 5.41 Å². The molecule has 0 fully saturated rings. The van der Waals surface area contributed by atoms with Gasteiger partial charge in [0.2, 0.25) is 0 Å². The SMILES string of the molecule is CC(C)(C)c1ccc2[nH]c3ccc(C(c4cccc5ccccc45)C(C)(C)C)cc3c2c1. The first-order chi connectivity index (χ1) is 15.1. The third kappa shape index (κ3) is 3.50. The van der Waals surface area contributed by atoms with Crippen molar-refractivity contribution in [2.45, 2.75) is 52.9 Å². The zero-order chi connectivity index (χ0) is 22.7. The maximum absolute atomic E-state index is 3.63. The summed E-state index contributed by atoms with van der Waals surface area (Å²) >= 11 is 0. The predicted octanol–water partition coefficient (Wildman–Crippen LogP) is 8.95. The molecule has 5 aromatic rings. The highest BCUT2D eigenvalue weighted by molar-refractivity contribution is 6.07. The molecule has 4 aromatic carbocycles. The summed E-state index contributed by atoms with van der Waals surface area (Å²) in [7, 11) is 0. The summed E-state index contributed by atoms with van der Waals surface area (Å²) < 4.78 is 0. The zero-order valence-electron chi connectivity index (χ0n) is 20.1. The van der Waals surface area contributed by atoms with Gasteiger partial charge in [0.1, 0.15) is 0 Å². The molecule has 0 radical (unpaired) electrons. The van der Waals surface area contributed by atoms with Crippen LogP contribution in [0.5, 0.6) is 0 Å². The first kappa shape index (κ1) is 20.8. The number of hydrogen-bond donors (Lipinski definition) is 1. The first-order valence-electron chi connectivity index (χ1n) is 11.7. The molecule has 162 valence electrons. The molecule has 0 saturated carbocycles. The number of H-pyrrole nitrogens is 1. The van der Waals surface area contributed by atoms with Crippen molar-refractivity contribution < 1.29 is 0 Å². The maximum Gasteiger partial charge on any atom is 0.0465 e. The quantitative estimate of drug-likeness (QED) is 0.294. The van der Waals surface area contributed by atoms with Crippen LogP contribution in [0.25, 0.3) is 32.6 Å². The minimum absolute atomic E-state index is 0.0838. The summed E-state index contributed by atoms with van der Waals surface area (Å²) in [6, 6.07) is 29.4. The molecule has 32 heavy (non-hydrogen) atoms. The molecule has 1 nitrogen and oxygen atoms in total. The van der Waals surface area contributed by atoms with Crippen LogP contribution in [0.2, 0.25) is 0 Å². The van der Waals surface area contributed by atoms with Gasteiger partial charge in [0.05, 0.1) is 0 Å². The van der Waals surface area contributed by atoms with Gasteiger partial charge in [-0.15, -0.1) is 0 Å². The molecule has 1 N–H and O–H groups in total. The van der Waals surface area contributed by atoms with Gasteiger partial charge >= 0.3 is 0 Å². The maximum atomic E-state index is 3.63. The predicted molar refractivity (Wildman–Crippen MR) is 140 cm³/mol. The van der Waals surface area contributed by atoms with Crippen molar-refractivity contribution >= 4 is 32.6 Å². The normalized spacial score (nSPS) is 13.8. The summed E-state index contributed by atoms with van der Waals surface area (Å²) in [6.45, 7) is 13.9. The van der Waals surface area contributed by atoms with E-state index in [0.717, 1.165) is 0 Å². The first-order valence-corrected chi connectivity index (χ1v) is 11.7. The molecule has 0 aliphatic rings. The van der Waals surface area contributed by atoms with Gasteiger partial charge in [-0.05, 0) is 62.6 Å². The van der Waals surface area contributed by atoms with Crippen molar-refractivity contribution in [3.8, 4) is 0 Å². The number of rotatable bonds is 2. The van der Waals surface area contributed by atoms with E-state index in [1.54, 1.807) is 0 Å². The highest BCUT2D eigenvalue weighted by atomic mass is 14.7. The number of benzene rings is 4. The number of fused-ring (bicyclic) bond motifs is 4. The summed E-state index contributed by atoms with van der Waals surface area (Å²) in [6.07, 6.45) is 0. The minimum atomic E-state index is 0.0838. The van der Waals surface area contributed by atoms with Crippen LogP contribution in [0.15, 0.2) is 78.9 Å². The van der Waals surface area contributed by atoms with Gasteiger partial charge in [-0.3, -0.25) is 0 Å². The number of aromatic nitrogens is 1. The third-order valence-corrected chi connectivity index (χ3v) is 6.82. The van der Waals surface area contributed by atoms with E-state index < -0.39 is 0 Å². The number of nitrogens with one attached hydrogen (secondary N) is 1. The van der Waals surface area contributed by atoms with E-state index in [1.807, 2.05) is 0 Å². The lowest BCUT2D eigenvalue weighted by atomic mass is 9.71. The molecule has 0 bridgehead atoms. The van der Waals surface area contributed by atoms with Gasteiger partial charge in [-0.1, -0.05) is 96.1 Å². The molecule has 1 atom stereocenters. The van der Waals surface area contributed by atoms with Crippen molar-refractivity contribution in [2.24, 2.45) is 5.41 Å². The molecular formula is C31H33N. The fraction of sp³-hybridized carbons (Fsp3) is 0.290. The summed E-state index contributed by atoms with van der Waals surface area (Å²) in [4.78, 5) is 3.63. The standard InChI is InChI=1S/C31H33N/c1-30(2,3)22-15-17-28-26(19-22)25-18-21(14-16-27(25)32-28)29(31(4,5)6)24-13-9-11-20-10-7-8-12-23(20)24/h7-19,29,32H,1-6H3. The van der Waals surface area contributed by atoms with E-state index in [2.05, 4.69) is 125 Å². The van der Waals surface area contributed by atoms with Crippen LogP contribution >= 0.6 is 0 Å². The Morgan fingerprint density at radius 1 is 0.625 bits per heavy atom. The Balaban J connectivity index is 1.75. The van der Waals surface area contributed by atoms with Gasteiger partial charge in [0.25, 0.3) is 0 Å². The van der Waals surface area contributed by atoms with Crippen LogP contribution in [0.1, 0.15) is 64.2 Å². The van der Waals surface area contributed by atoms with Gasteiger partial charge < -0.3 is 4.98 Å². The van der Waals surface area contributed by atoms with Crippen molar-refractivity contribution in [3.63, 3.8) is 0 Å². The van der Waals surface area contributed by atoms with Crippen LogP contribution in [0.3, 0.4) is 0 Å². The Labute approximate surface area is 191 Å². The lowest BCUT2D eigenvalue weighted by molar-refractivity contribution is 0.360. The fourth-order valence-corrected chi connectivity index (χ4v) is 5.21. The molecular weight excluding hydrogens is 386 g/mol. The molecule has 5 rings (SSSR count). The summed E-state index contributed by atoms with van der Waals surface area (Å²) in [5, 5.41) is 5.30. The van der Waals surface area contributed by atoms with Crippen molar-refractivity contribution in [3.05, 3.63) is 95.6 Å². The fourth-order valence-electron chi connectivity index (χ4n) is 5.21. The van der Waals surface area contributed by atoms with Crippen molar-refractivity contribution in [1.82, 2.24) is 4.98 Å². The molecule has 0 saturated heterocycles. The Kier molecular flexibility index (Phi) is 4.71. The van der Waals surface area contributed by atoms with Crippen molar-refractivity contribution in [2.75, 3.05) is 0 Å². The Morgan fingerprint density at radius 2 is 1.28 bits per heavy atom. The highest BCUT2D eigenvalue weighted by Gasteiger charge is 2.29. The lowest BCUT2D eigenvalue weighted by Gasteiger charge is -2.33. The average molecular weight is 420 g/mol. The highest BCUT2D eigenvalue weighted by Crippen LogP contribution is 2.44. The topological polar surface area (TPSA) is 15.8 Å². The van der Waals surface area contributed by atoms with E-state index in [4.69, 9.17) is 0 Å². The van der Waals surface area contributed by atoms with Crippen LogP contribution in [-0.2, 0) is 5.41 Å². The minimum Gasteiger partial charge on any atom is -0.355 e. The van der Waals surface area contributed by atoms with Gasteiger partial charge in [0, 0.05) is 27.7 Å². The van der Waals surface area contributed by atoms with E-state index in [-0.39, 0.29) is 10.8 Å². The lowest BCUT2D eigenvalue weighted by Crippen LogP contribution is -2.20. The Bertz CT molecular complexity index is 1430. The third-order valence-electron chi connectivity index (χ3n) is 6.82. The molecule has 1 unspecified atom stereocenters. The largest absolute Gasteiger partial charge is 0.355 e. The Hall–Kier alpha value is -3.06. The molecule has 0 spiro atoms. The van der Waals surface area contributed by atoms with E-state index in [0.29, 0.717) is 5.92 Å². The average Bonchev–Trinajstić information content (AvgIpc) is 3.10. The molecule has 1 aromatic heterocycles. The summed E-state index contributed by atoms with van der Waals surface area (Å²) in [5.74, 6) is 0.300. The monoisotopic (exact) mass is 419 g/mol. The zero-order valence-corrected chi connectivity index (χ0v) is 20.1. The molecule has 1 heterocycles. The van der Waals surface area contributed by atoms with E-state index >= 15 is 0 Å². The molecule has 0 aliphatic carbocycles. The van der Waals surface area contributed by atoms with Gasteiger partial charge in [-0.25, -0.2) is 0 Å². The second kappa shape index (κ2) is 7.24. The van der Waals surface area contributed by atoms with Crippen molar-refractivity contribution in [1.29, 1.82) is 0 Å². The van der Waals surface area contributed by atoms with Crippen LogP contribution in [0.4, 0.5) is 0 Å². The molecule has 1 heteroatoms. The summed E-state index contributed by atoms with van der Waals surface area (Å²) in [5.41, 5.74) is 6.79.